The lowest BCUT2D eigenvalue weighted by atomic mass is 10.0. The molecule has 0 aromatic rings. The summed E-state index contributed by atoms with van der Waals surface area (Å²) in [4.78, 5) is 0. The van der Waals surface area contributed by atoms with E-state index >= 15 is 0 Å². The SMILES string of the molecule is C=CCCC(C)CO[C@@H]([C@H](OCC(C)CCC=C)[C@H]1COC(C)(C)O1)[C@H]1COC(C)(C)O1. The minimum absolute atomic E-state index is 0.239. The first-order valence-corrected chi connectivity index (χ1v) is 12.2. The topological polar surface area (TPSA) is 55.4 Å². The zero-order chi connectivity index (χ0) is 23.8. The second-order valence-electron chi connectivity index (χ2n) is 10.3. The van der Waals surface area contributed by atoms with E-state index in [2.05, 4.69) is 27.0 Å². The highest BCUT2D eigenvalue weighted by Gasteiger charge is 2.48. The third-order valence-corrected chi connectivity index (χ3v) is 5.99. The lowest BCUT2D eigenvalue weighted by molar-refractivity contribution is -0.207. The fraction of sp³-hybridized carbons (Fsp3) is 0.846. The zero-order valence-corrected chi connectivity index (χ0v) is 21.1. The van der Waals surface area contributed by atoms with Crippen LogP contribution in [0.3, 0.4) is 0 Å². The van der Waals surface area contributed by atoms with E-state index < -0.39 is 11.6 Å². The summed E-state index contributed by atoms with van der Waals surface area (Å²) in [5.74, 6) is -0.491. The van der Waals surface area contributed by atoms with Gasteiger partial charge in [-0.05, 0) is 65.2 Å². The largest absolute Gasteiger partial charge is 0.372 e. The number of hydrogen-bond donors (Lipinski definition) is 0. The van der Waals surface area contributed by atoms with E-state index in [1.165, 1.54) is 0 Å². The van der Waals surface area contributed by atoms with Crippen LogP contribution in [0, 0.1) is 11.8 Å². The summed E-state index contributed by atoms with van der Waals surface area (Å²) < 4.78 is 37.3. The van der Waals surface area contributed by atoms with Gasteiger partial charge in [-0.3, -0.25) is 0 Å². The van der Waals surface area contributed by atoms with Gasteiger partial charge in [-0.25, -0.2) is 0 Å². The number of rotatable bonds is 15. The van der Waals surface area contributed by atoms with Crippen molar-refractivity contribution in [1.29, 1.82) is 0 Å². The summed E-state index contributed by atoms with van der Waals surface area (Å²) >= 11 is 0. The Morgan fingerprint density at radius 1 is 0.781 bits per heavy atom. The minimum atomic E-state index is -0.644. The molecule has 0 radical (unpaired) electrons. The highest BCUT2D eigenvalue weighted by molar-refractivity contribution is 4.92. The molecule has 2 aliphatic heterocycles. The van der Waals surface area contributed by atoms with Crippen LogP contribution >= 0.6 is 0 Å². The Bertz CT molecular complexity index is 525. The van der Waals surface area contributed by atoms with Crippen molar-refractivity contribution in [1.82, 2.24) is 0 Å². The fourth-order valence-corrected chi connectivity index (χ4v) is 4.10. The molecule has 6 heteroatoms. The highest BCUT2D eigenvalue weighted by Crippen LogP contribution is 2.33. The van der Waals surface area contributed by atoms with Crippen LogP contribution in [-0.2, 0) is 28.4 Å². The van der Waals surface area contributed by atoms with E-state index in [9.17, 15) is 0 Å². The molecule has 2 unspecified atom stereocenters. The molecule has 2 rings (SSSR count). The summed E-state index contributed by atoms with van der Waals surface area (Å²) in [6.07, 6.45) is 6.79. The molecular weight excluding hydrogens is 408 g/mol. The van der Waals surface area contributed by atoms with Crippen molar-refractivity contribution in [3.63, 3.8) is 0 Å². The number of hydrogen-bond acceptors (Lipinski definition) is 6. The molecule has 6 nitrogen and oxygen atoms in total. The Labute approximate surface area is 195 Å². The van der Waals surface area contributed by atoms with Crippen molar-refractivity contribution >= 4 is 0 Å². The van der Waals surface area contributed by atoms with Gasteiger partial charge in [0.1, 0.15) is 24.4 Å². The molecule has 2 heterocycles. The van der Waals surface area contributed by atoms with E-state index in [4.69, 9.17) is 28.4 Å². The van der Waals surface area contributed by atoms with Gasteiger partial charge in [0.05, 0.1) is 13.2 Å². The molecule has 0 spiro atoms. The van der Waals surface area contributed by atoms with Crippen LogP contribution in [0.5, 0.6) is 0 Å². The Morgan fingerprint density at radius 3 is 1.44 bits per heavy atom. The van der Waals surface area contributed by atoms with Crippen molar-refractivity contribution in [2.45, 2.75) is 103 Å². The van der Waals surface area contributed by atoms with E-state index in [-0.39, 0.29) is 24.4 Å². The maximum Gasteiger partial charge on any atom is 0.163 e. The van der Waals surface area contributed by atoms with Gasteiger partial charge in [-0.1, -0.05) is 26.0 Å². The summed E-state index contributed by atoms with van der Waals surface area (Å²) in [7, 11) is 0. The van der Waals surface area contributed by atoms with Crippen LogP contribution in [-0.4, -0.2) is 62.4 Å². The number of allylic oxidation sites excluding steroid dienone is 2. The summed E-state index contributed by atoms with van der Waals surface area (Å²) in [6.45, 7) is 21.9. The van der Waals surface area contributed by atoms with Crippen LogP contribution in [0.2, 0.25) is 0 Å². The lowest BCUT2D eigenvalue weighted by Gasteiger charge is -2.35. The molecule has 0 bridgehead atoms. The van der Waals surface area contributed by atoms with Crippen molar-refractivity contribution in [2.75, 3.05) is 26.4 Å². The molecule has 0 aliphatic carbocycles. The van der Waals surface area contributed by atoms with Crippen molar-refractivity contribution in [3.8, 4) is 0 Å². The van der Waals surface area contributed by atoms with Gasteiger partial charge < -0.3 is 28.4 Å². The Hall–Kier alpha value is -0.760. The lowest BCUT2D eigenvalue weighted by Crippen LogP contribution is -2.51. The highest BCUT2D eigenvalue weighted by atomic mass is 16.8. The fourth-order valence-electron chi connectivity index (χ4n) is 4.10. The average molecular weight is 455 g/mol. The van der Waals surface area contributed by atoms with Gasteiger partial charge in [0.15, 0.2) is 11.6 Å². The second-order valence-corrected chi connectivity index (χ2v) is 10.3. The first-order valence-electron chi connectivity index (χ1n) is 12.2. The normalized spacial score (nSPS) is 28.2. The second kappa shape index (κ2) is 12.6. The van der Waals surface area contributed by atoms with Crippen LogP contribution in [0.1, 0.15) is 67.2 Å². The molecule has 0 N–H and O–H groups in total. The van der Waals surface area contributed by atoms with Gasteiger partial charge in [-0.15, -0.1) is 13.2 Å². The van der Waals surface area contributed by atoms with Crippen LogP contribution in [0.15, 0.2) is 25.3 Å². The maximum atomic E-state index is 6.52. The molecule has 186 valence electrons. The Balaban J connectivity index is 2.17. The van der Waals surface area contributed by atoms with E-state index in [0.717, 1.165) is 25.7 Å². The van der Waals surface area contributed by atoms with Crippen LogP contribution in [0.25, 0.3) is 0 Å². The van der Waals surface area contributed by atoms with Crippen molar-refractivity contribution < 1.29 is 28.4 Å². The van der Waals surface area contributed by atoms with Crippen LogP contribution < -0.4 is 0 Å². The van der Waals surface area contributed by atoms with Gasteiger partial charge in [0, 0.05) is 13.2 Å². The maximum absolute atomic E-state index is 6.52. The predicted molar refractivity (Wildman–Crippen MR) is 126 cm³/mol. The van der Waals surface area contributed by atoms with Crippen molar-refractivity contribution in [3.05, 3.63) is 25.3 Å². The summed E-state index contributed by atoms with van der Waals surface area (Å²) in [5.41, 5.74) is 0. The summed E-state index contributed by atoms with van der Waals surface area (Å²) in [6, 6.07) is 0. The molecular formula is C26H46O6. The first kappa shape index (κ1) is 27.5. The predicted octanol–water partition coefficient (Wildman–Crippen LogP) is 5.26. The third-order valence-electron chi connectivity index (χ3n) is 5.99. The molecule has 2 fully saturated rings. The standard InChI is InChI=1S/C26H46O6/c1-9-11-13-19(3)15-27-23(21-17-29-25(5,6)31-21)24(22-18-30-26(7,8)32-22)28-16-20(4)14-12-10-2/h9-10,19-24H,1-2,11-18H2,3-8H3/t19?,20?,21-,22-,23-,24-/m1/s1. The van der Waals surface area contributed by atoms with E-state index in [0.29, 0.717) is 38.3 Å². The molecule has 32 heavy (non-hydrogen) atoms. The quantitative estimate of drug-likeness (QED) is 0.315. The molecule has 2 aliphatic rings. The average Bonchev–Trinajstić information content (AvgIpc) is 3.27. The third kappa shape index (κ3) is 8.88. The van der Waals surface area contributed by atoms with Crippen molar-refractivity contribution in [2.24, 2.45) is 11.8 Å². The minimum Gasteiger partial charge on any atom is -0.372 e. The van der Waals surface area contributed by atoms with Gasteiger partial charge in [0.25, 0.3) is 0 Å². The molecule has 2 saturated heterocycles. The molecule has 0 aromatic carbocycles. The van der Waals surface area contributed by atoms with E-state index in [1.54, 1.807) is 0 Å². The molecule has 0 amide bonds. The number of ether oxygens (including phenoxy) is 6. The van der Waals surface area contributed by atoms with Gasteiger partial charge in [0.2, 0.25) is 0 Å². The molecule has 0 aromatic heterocycles. The van der Waals surface area contributed by atoms with Crippen LogP contribution in [0.4, 0.5) is 0 Å². The monoisotopic (exact) mass is 454 g/mol. The van der Waals surface area contributed by atoms with Gasteiger partial charge in [-0.2, -0.15) is 0 Å². The Morgan fingerprint density at radius 2 is 1.16 bits per heavy atom. The van der Waals surface area contributed by atoms with Gasteiger partial charge >= 0.3 is 0 Å². The molecule has 6 atom stereocenters. The summed E-state index contributed by atoms with van der Waals surface area (Å²) in [5, 5.41) is 0. The first-order chi connectivity index (χ1) is 15.1. The smallest absolute Gasteiger partial charge is 0.163 e. The molecule has 0 saturated carbocycles. The Kier molecular flexibility index (Phi) is 10.8. The zero-order valence-electron chi connectivity index (χ0n) is 21.1. The van der Waals surface area contributed by atoms with E-state index in [1.807, 2.05) is 39.8 Å².